The summed E-state index contributed by atoms with van der Waals surface area (Å²) >= 11 is 0. The highest BCUT2D eigenvalue weighted by Crippen LogP contribution is 2.35. The van der Waals surface area contributed by atoms with Crippen molar-refractivity contribution in [3.8, 4) is 17.4 Å². The number of aliphatic hydroxyl groups excluding tert-OH is 1. The van der Waals surface area contributed by atoms with Gasteiger partial charge in [-0.1, -0.05) is 0 Å². The Kier molecular flexibility index (Phi) is 5.90. The number of benzene rings is 1. The van der Waals surface area contributed by atoms with E-state index in [2.05, 4.69) is 0 Å². The lowest BCUT2D eigenvalue weighted by Gasteiger charge is -2.09. The summed E-state index contributed by atoms with van der Waals surface area (Å²) in [5.74, 6) is 0.157. The summed E-state index contributed by atoms with van der Waals surface area (Å²) in [5, 5.41) is 16.2. The third-order valence-electron chi connectivity index (χ3n) is 2.47. The van der Waals surface area contributed by atoms with Gasteiger partial charge < -0.3 is 9.52 Å². The second kappa shape index (κ2) is 7.43. The van der Waals surface area contributed by atoms with E-state index in [-0.39, 0.29) is 23.7 Å². The Labute approximate surface area is 124 Å². The number of halogens is 3. The van der Waals surface area contributed by atoms with Crippen molar-refractivity contribution >= 4 is 6.29 Å². The molecule has 2 rings (SSSR count). The standard InChI is InChI=1S/C13H6F3NO2.C2H6O/c14-13(15,16)11-5-8(1-2-9(11)6-17)12-4-3-10(7-18)19-12;1-2-3/h1-5,7H;3H,2H2,1H3. The van der Waals surface area contributed by atoms with Crippen LogP contribution in [-0.4, -0.2) is 18.0 Å². The van der Waals surface area contributed by atoms with Crippen molar-refractivity contribution in [3.05, 3.63) is 47.2 Å². The van der Waals surface area contributed by atoms with Crippen LogP contribution in [0.2, 0.25) is 0 Å². The normalized spacial score (nSPS) is 10.4. The number of hydrogen-bond acceptors (Lipinski definition) is 4. The summed E-state index contributed by atoms with van der Waals surface area (Å²) in [6.45, 7) is 1.93. The van der Waals surface area contributed by atoms with Crippen LogP contribution in [0.15, 0.2) is 34.7 Å². The Hall–Kier alpha value is -2.59. The molecule has 1 heterocycles. The topological polar surface area (TPSA) is 74.2 Å². The molecule has 0 spiro atoms. The third kappa shape index (κ3) is 4.20. The van der Waals surface area contributed by atoms with E-state index in [1.165, 1.54) is 24.3 Å². The quantitative estimate of drug-likeness (QED) is 0.859. The molecule has 116 valence electrons. The molecule has 0 aliphatic heterocycles. The van der Waals surface area contributed by atoms with Crippen LogP contribution in [0.25, 0.3) is 11.3 Å². The van der Waals surface area contributed by atoms with E-state index in [0.717, 1.165) is 12.1 Å². The van der Waals surface area contributed by atoms with Crippen molar-refractivity contribution in [2.45, 2.75) is 13.1 Å². The summed E-state index contributed by atoms with van der Waals surface area (Å²) in [6, 6.07) is 7.47. The lowest BCUT2D eigenvalue weighted by molar-refractivity contribution is -0.137. The Morgan fingerprint density at radius 3 is 2.41 bits per heavy atom. The Morgan fingerprint density at radius 1 is 1.32 bits per heavy atom. The number of hydrogen-bond donors (Lipinski definition) is 1. The van der Waals surface area contributed by atoms with Gasteiger partial charge in [0, 0.05) is 12.2 Å². The second-order valence-corrected chi connectivity index (χ2v) is 4.01. The minimum atomic E-state index is -4.62. The molecule has 0 atom stereocenters. The molecule has 0 amide bonds. The number of rotatable bonds is 2. The van der Waals surface area contributed by atoms with Gasteiger partial charge in [-0.25, -0.2) is 0 Å². The first-order valence-electron chi connectivity index (χ1n) is 6.15. The maximum Gasteiger partial charge on any atom is 0.417 e. The zero-order valence-electron chi connectivity index (χ0n) is 11.5. The molecule has 0 aliphatic rings. The number of aliphatic hydroxyl groups is 1. The molecule has 0 bridgehead atoms. The van der Waals surface area contributed by atoms with Crippen LogP contribution in [0.3, 0.4) is 0 Å². The second-order valence-electron chi connectivity index (χ2n) is 4.01. The minimum Gasteiger partial charge on any atom is -0.453 e. The first kappa shape index (κ1) is 17.5. The Balaban J connectivity index is 0.000000745. The summed E-state index contributed by atoms with van der Waals surface area (Å²) in [6.07, 6.45) is -4.17. The monoisotopic (exact) mass is 311 g/mol. The van der Waals surface area contributed by atoms with E-state index in [1.807, 2.05) is 0 Å². The maximum atomic E-state index is 12.8. The first-order valence-corrected chi connectivity index (χ1v) is 6.15. The number of alkyl halides is 3. The fourth-order valence-electron chi connectivity index (χ4n) is 1.60. The van der Waals surface area contributed by atoms with E-state index < -0.39 is 17.3 Å². The molecule has 0 aliphatic carbocycles. The average Bonchev–Trinajstić information content (AvgIpc) is 2.95. The molecule has 0 fully saturated rings. The molecule has 0 unspecified atom stereocenters. The number of carbonyl (C=O) groups excluding carboxylic acids is 1. The van der Waals surface area contributed by atoms with Gasteiger partial charge in [-0.2, -0.15) is 18.4 Å². The average molecular weight is 311 g/mol. The van der Waals surface area contributed by atoms with Crippen LogP contribution < -0.4 is 0 Å². The molecular weight excluding hydrogens is 299 g/mol. The molecule has 1 aromatic carbocycles. The largest absolute Gasteiger partial charge is 0.453 e. The molecule has 1 aromatic heterocycles. The summed E-state index contributed by atoms with van der Waals surface area (Å²) in [5.41, 5.74) is -1.34. The summed E-state index contributed by atoms with van der Waals surface area (Å²) in [4.78, 5) is 10.5. The van der Waals surface area contributed by atoms with Crippen LogP contribution in [0.5, 0.6) is 0 Å². The van der Waals surface area contributed by atoms with Gasteiger partial charge in [0.25, 0.3) is 0 Å². The van der Waals surface area contributed by atoms with Crippen molar-refractivity contribution in [1.29, 1.82) is 5.26 Å². The fourth-order valence-corrected chi connectivity index (χ4v) is 1.60. The highest BCUT2D eigenvalue weighted by molar-refractivity contribution is 5.73. The fraction of sp³-hybridized carbons (Fsp3) is 0.200. The van der Waals surface area contributed by atoms with Gasteiger partial charge in [0.2, 0.25) is 0 Å². The predicted octanol–water partition coefficient (Wildman–Crippen LogP) is 3.65. The third-order valence-corrected chi connectivity index (χ3v) is 2.47. The number of furan rings is 1. The van der Waals surface area contributed by atoms with Crippen molar-refractivity contribution in [2.75, 3.05) is 6.61 Å². The van der Waals surface area contributed by atoms with Crippen molar-refractivity contribution in [3.63, 3.8) is 0 Å². The van der Waals surface area contributed by atoms with E-state index in [4.69, 9.17) is 14.8 Å². The van der Waals surface area contributed by atoms with Crippen molar-refractivity contribution < 1.29 is 27.5 Å². The van der Waals surface area contributed by atoms with E-state index in [1.54, 1.807) is 6.92 Å². The zero-order chi connectivity index (χ0) is 16.8. The molecule has 0 radical (unpaired) electrons. The van der Waals surface area contributed by atoms with Gasteiger partial charge in [-0.05, 0) is 37.3 Å². The molecule has 4 nitrogen and oxygen atoms in total. The Bertz CT molecular complexity index is 684. The summed E-state index contributed by atoms with van der Waals surface area (Å²) in [7, 11) is 0. The van der Waals surface area contributed by atoms with Crippen LogP contribution in [0, 0.1) is 11.3 Å². The van der Waals surface area contributed by atoms with E-state index >= 15 is 0 Å². The van der Waals surface area contributed by atoms with Gasteiger partial charge in [0.05, 0.1) is 17.2 Å². The zero-order valence-corrected chi connectivity index (χ0v) is 11.5. The SMILES string of the molecule is CCO.N#Cc1ccc(-c2ccc(C=O)o2)cc1C(F)(F)F. The first-order chi connectivity index (χ1) is 10.4. The van der Waals surface area contributed by atoms with Crippen LogP contribution in [0.1, 0.15) is 28.6 Å². The molecule has 7 heteroatoms. The number of nitriles is 1. The highest BCUT2D eigenvalue weighted by atomic mass is 19.4. The van der Waals surface area contributed by atoms with Gasteiger partial charge in [0.1, 0.15) is 5.76 Å². The van der Waals surface area contributed by atoms with Crippen LogP contribution in [-0.2, 0) is 6.18 Å². The van der Waals surface area contributed by atoms with E-state index in [0.29, 0.717) is 6.29 Å². The Morgan fingerprint density at radius 2 is 1.95 bits per heavy atom. The van der Waals surface area contributed by atoms with Gasteiger partial charge in [0.15, 0.2) is 12.0 Å². The lowest BCUT2D eigenvalue weighted by atomic mass is 10.0. The summed E-state index contributed by atoms with van der Waals surface area (Å²) < 4.78 is 43.3. The number of aldehydes is 1. The molecule has 0 saturated carbocycles. The van der Waals surface area contributed by atoms with Crippen LogP contribution in [0.4, 0.5) is 13.2 Å². The maximum absolute atomic E-state index is 12.8. The van der Waals surface area contributed by atoms with Gasteiger partial charge >= 0.3 is 6.18 Å². The van der Waals surface area contributed by atoms with Gasteiger partial charge in [-0.15, -0.1) is 0 Å². The van der Waals surface area contributed by atoms with Crippen molar-refractivity contribution in [2.24, 2.45) is 0 Å². The number of carbonyl (C=O) groups is 1. The predicted molar refractivity (Wildman–Crippen MR) is 72.0 cm³/mol. The molecular formula is C15H12F3NO3. The minimum absolute atomic E-state index is 0.0212. The van der Waals surface area contributed by atoms with Gasteiger partial charge in [-0.3, -0.25) is 4.79 Å². The van der Waals surface area contributed by atoms with Crippen molar-refractivity contribution in [1.82, 2.24) is 0 Å². The number of nitrogens with zero attached hydrogens (tertiary/aromatic N) is 1. The molecule has 1 N–H and O–H groups in total. The highest BCUT2D eigenvalue weighted by Gasteiger charge is 2.34. The molecule has 2 aromatic rings. The molecule has 22 heavy (non-hydrogen) atoms. The molecule has 0 saturated heterocycles. The smallest absolute Gasteiger partial charge is 0.417 e. The van der Waals surface area contributed by atoms with E-state index in [9.17, 15) is 18.0 Å². The van der Waals surface area contributed by atoms with Crippen LogP contribution >= 0.6 is 0 Å². The lowest BCUT2D eigenvalue weighted by Crippen LogP contribution is -2.07.